The average Bonchev–Trinajstić information content (AvgIpc) is 2.62. The summed E-state index contributed by atoms with van der Waals surface area (Å²) >= 11 is 4.73. The molecule has 0 saturated carbocycles. The van der Waals surface area contributed by atoms with Gasteiger partial charge in [-0.15, -0.1) is 11.3 Å². The number of nitrogens with zero attached hydrogens (tertiary/aromatic N) is 1. The number of nitrogens with two attached hydrogens (primary N) is 1. The van der Waals surface area contributed by atoms with Gasteiger partial charge >= 0.3 is 6.18 Å². The lowest BCUT2D eigenvalue weighted by atomic mass is 10.1. The summed E-state index contributed by atoms with van der Waals surface area (Å²) in [6, 6.07) is 3.02. The highest BCUT2D eigenvalue weighted by atomic mass is 79.9. The second-order valence-electron chi connectivity index (χ2n) is 4.27. The van der Waals surface area contributed by atoms with Crippen molar-refractivity contribution in [1.82, 2.24) is 4.90 Å². The predicted octanol–water partition coefficient (Wildman–Crippen LogP) is 3.78. The van der Waals surface area contributed by atoms with Gasteiger partial charge in [0.15, 0.2) is 0 Å². The van der Waals surface area contributed by atoms with Crippen molar-refractivity contribution in [3.8, 4) is 0 Å². The molecule has 0 spiro atoms. The first-order valence-corrected chi connectivity index (χ1v) is 7.13. The molecule has 1 rings (SSSR count). The Bertz CT molecular complexity index is 379. The van der Waals surface area contributed by atoms with Crippen LogP contribution in [0.4, 0.5) is 13.2 Å². The van der Waals surface area contributed by atoms with Crippen molar-refractivity contribution in [3.63, 3.8) is 0 Å². The fourth-order valence-corrected chi connectivity index (χ4v) is 3.34. The molecular weight excluding hydrogens is 329 g/mol. The molecule has 0 aliphatic carbocycles. The van der Waals surface area contributed by atoms with Gasteiger partial charge in [0.25, 0.3) is 0 Å². The SMILES string of the molecule is CC(C)N(CC(F)(F)F)C(CN)c1ccc(Br)s1. The highest BCUT2D eigenvalue weighted by Gasteiger charge is 2.35. The van der Waals surface area contributed by atoms with E-state index in [0.29, 0.717) is 0 Å². The molecule has 7 heteroatoms. The molecule has 2 N–H and O–H groups in total. The topological polar surface area (TPSA) is 29.3 Å². The van der Waals surface area contributed by atoms with Gasteiger partial charge in [-0.1, -0.05) is 0 Å². The molecule has 0 amide bonds. The predicted molar refractivity (Wildman–Crippen MR) is 71.7 cm³/mol. The summed E-state index contributed by atoms with van der Waals surface area (Å²) < 4.78 is 38.7. The van der Waals surface area contributed by atoms with E-state index in [1.165, 1.54) is 16.2 Å². The van der Waals surface area contributed by atoms with Crippen LogP contribution in [0.25, 0.3) is 0 Å². The zero-order valence-corrected chi connectivity index (χ0v) is 12.6. The van der Waals surface area contributed by atoms with Gasteiger partial charge in [0, 0.05) is 17.5 Å². The molecule has 104 valence electrons. The van der Waals surface area contributed by atoms with E-state index >= 15 is 0 Å². The molecule has 0 saturated heterocycles. The second kappa shape index (κ2) is 6.36. The van der Waals surface area contributed by atoms with Crippen LogP contribution in [0, 0.1) is 0 Å². The maximum absolute atomic E-state index is 12.6. The zero-order chi connectivity index (χ0) is 13.9. The highest BCUT2D eigenvalue weighted by Crippen LogP contribution is 2.33. The van der Waals surface area contributed by atoms with Gasteiger partial charge in [0.05, 0.1) is 16.4 Å². The van der Waals surface area contributed by atoms with Crippen LogP contribution >= 0.6 is 27.3 Å². The zero-order valence-electron chi connectivity index (χ0n) is 10.2. The lowest BCUT2D eigenvalue weighted by molar-refractivity contribution is -0.155. The first-order valence-electron chi connectivity index (χ1n) is 5.52. The third kappa shape index (κ3) is 4.53. The summed E-state index contributed by atoms with van der Waals surface area (Å²) in [7, 11) is 0. The number of hydrogen-bond donors (Lipinski definition) is 1. The number of alkyl halides is 3. The molecule has 0 radical (unpaired) electrons. The minimum Gasteiger partial charge on any atom is -0.329 e. The molecule has 2 nitrogen and oxygen atoms in total. The van der Waals surface area contributed by atoms with E-state index in [1.807, 2.05) is 12.1 Å². The number of thiophene rings is 1. The van der Waals surface area contributed by atoms with E-state index in [4.69, 9.17) is 5.73 Å². The van der Waals surface area contributed by atoms with Crippen LogP contribution in [-0.2, 0) is 0 Å². The average molecular weight is 345 g/mol. The third-order valence-corrected chi connectivity index (χ3v) is 4.30. The van der Waals surface area contributed by atoms with Crippen LogP contribution in [-0.4, -0.2) is 30.2 Å². The van der Waals surface area contributed by atoms with Crippen molar-refractivity contribution >= 4 is 27.3 Å². The van der Waals surface area contributed by atoms with Crippen molar-refractivity contribution in [2.45, 2.75) is 32.1 Å². The second-order valence-corrected chi connectivity index (χ2v) is 6.77. The molecule has 18 heavy (non-hydrogen) atoms. The first-order chi connectivity index (χ1) is 8.24. The molecule has 1 atom stereocenters. The Labute approximate surface area is 117 Å². The van der Waals surface area contributed by atoms with Gasteiger partial charge in [-0.3, -0.25) is 4.90 Å². The minimum atomic E-state index is -4.22. The van der Waals surface area contributed by atoms with Crippen LogP contribution < -0.4 is 5.73 Å². The summed E-state index contributed by atoms with van der Waals surface area (Å²) in [5.41, 5.74) is 5.65. The number of halogens is 4. The van der Waals surface area contributed by atoms with E-state index in [2.05, 4.69) is 15.9 Å². The van der Waals surface area contributed by atoms with Crippen molar-refractivity contribution in [2.75, 3.05) is 13.1 Å². The van der Waals surface area contributed by atoms with Crippen LogP contribution in [0.1, 0.15) is 24.8 Å². The van der Waals surface area contributed by atoms with Crippen molar-refractivity contribution in [2.24, 2.45) is 5.73 Å². The van der Waals surface area contributed by atoms with E-state index in [1.54, 1.807) is 13.8 Å². The highest BCUT2D eigenvalue weighted by molar-refractivity contribution is 9.11. The monoisotopic (exact) mass is 344 g/mol. The van der Waals surface area contributed by atoms with Crippen LogP contribution in [0.2, 0.25) is 0 Å². The summed E-state index contributed by atoms with van der Waals surface area (Å²) in [6.07, 6.45) is -4.22. The standard InChI is InChI=1S/C11H16BrF3N2S/c1-7(2)17(6-11(13,14)15)8(5-16)9-3-4-10(12)18-9/h3-4,7-8H,5-6,16H2,1-2H3. The quantitative estimate of drug-likeness (QED) is 0.880. The molecule has 0 aromatic carbocycles. The normalized spacial score (nSPS) is 14.5. The van der Waals surface area contributed by atoms with Crippen molar-refractivity contribution < 1.29 is 13.2 Å². The smallest absolute Gasteiger partial charge is 0.329 e. The van der Waals surface area contributed by atoms with Crippen LogP contribution in [0.15, 0.2) is 15.9 Å². The van der Waals surface area contributed by atoms with Gasteiger partial charge < -0.3 is 5.73 Å². The number of rotatable bonds is 5. The summed E-state index contributed by atoms with van der Waals surface area (Å²) in [4.78, 5) is 2.24. The molecule has 0 aliphatic rings. The Morgan fingerprint density at radius 3 is 2.33 bits per heavy atom. The Hall–Kier alpha value is -0.110. The first kappa shape index (κ1) is 15.9. The lowest BCUT2D eigenvalue weighted by Crippen LogP contribution is -2.43. The lowest BCUT2D eigenvalue weighted by Gasteiger charge is -2.34. The molecule has 1 unspecified atom stereocenters. The number of hydrogen-bond acceptors (Lipinski definition) is 3. The molecule has 1 heterocycles. The van der Waals surface area contributed by atoms with E-state index in [-0.39, 0.29) is 12.6 Å². The van der Waals surface area contributed by atoms with Crippen LogP contribution in [0.5, 0.6) is 0 Å². The maximum Gasteiger partial charge on any atom is 0.401 e. The van der Waals surface area contributed by atoms with Crippen molar-refractivity contribution in [1.29, 1.82) is 0 Å². The molecular formula is C11H16BrF3N2S. The van der Waals surface area contributed by atoms with E-state index < -0.39 is 18.8 Å². The van der Waals surface area contributed by atoms with Gasteiger partial charge in [-0.05, 0) is 41.9 Å². The minimum absolute atomic E-state index is 0.168. The fraction of sp³-hybridized carbons (Fsp3) is 0.636. The van der Waals surface area contributed by atoms with Gasteiger partial charge in [0.1, 0.15) is 0 Å². The summed E-state index contributed by atoms with van der Waals surface area (Å²) in [6.45, 7) is 2.72. The largest absolute Gasteiger partial charge is 0.401 e. The molecule has 1 aromatic rings. The molecule has 1 aromatic heterocycles. The molecule has 0 aliphatic heterocycles. The van der Waals surface area contributed by atoms with Crippen LogP contribution in [0.3, 0.4) is 0 Å². The third-order valence-electron chi connectivity index (χ3n) is 2.57. The Morgan fingerprint density at radius 1 is 1.39 bits per heavy atom. The fourth-order valence-electron chi connectivity index (χ4n) is 1.78. The summed E-state index contributed by atoms with van der Waals surface area (Å²) in [5.74, 6) is 0. The van der Waals surface area contributed by atoms with Gasteiger partial charge in [-0.25, -0.2) is 0 Å². The van der Waals surface area contributed by atoms with Gasteiger partial charge in [0.2, 0.25) is 0 Å². The van der Waals surface area contributed by atoms with Gasteiger partial charge in [-0.2, -0.15) is 13.2 Å². The molecule has 0 fully saturated rings. The van der Waals surface area contributed by atoms with Crippen molar-refractivity contribution in [3.05, 3.63) is 20.8 Å². The summed E-state index contributed by atoms with van der Waals surface area (Å²) in [5, 5.41) is 0. The van der Waals surface area contributed by atoms with E-state index in [9.17, 15) is 13.2 Å². The maximum atomic E-state index is 12.6. The Kier molecular flexibility index (Phi) is 5.64. The Balaban J connectivity index is 2.94. The molecule has 0 bridgehead atoms. The Morgan fingerprint density at radius 2 is 2.00 bits per heavy atom. The van der Waals surface area contributed by atoms with E-state index in [0.717, 1.165) is 8.66 Å².